The van der Waals surface area contributed by atoms with Crippen LogP contribution in [0.15, 0.2) is 30.3 Å². The number of carbonyl (C=O) groups excluding carboxylic acids is 1. The minimum absolute atomic E-state index is 0.0859. The van der Waals surface area contributed by atoms with E-state index in [0.717, 1.165) is 42.3 Å². The average Bonchev–Trinajstić information content (AvgIpc) is 3.05. The van der Waals surface area contributed by atoms with E-state index >= 15 is 0 Å². The Hall–Kier alpha value is -1.75. The van der Waals surface area contributed by atoms with Crippen LogP contribution in [0.3, 0.4) is 0 Å². The Kier molecular flexibility index (Phi) is 4.52. The summed E-state index contributed by atoms with van der Waals surface area (Å²) in [7, 11) is 0. The maximum absolute atomic E-state index is 12.0. The van der Waals surface area contributed by atoms with Crippen molar-refractivity contribution in [1.82, 2.24) is 14.3 Å². The van der Waals surface area contributed by atoms with E-state index in [2.05, 4.69) is 4.37 Å². The van der Waals surface area contributed by atoms with E-state index < -0.39 is 0 Å². The molecule has 22 heavy (non-hydrogen) atoms. The van der Waals surface area contributed by atoms with Gasteiger partial charge in [-0.15, -0.1) is 0 Å². The lowest BCUT2D eigenvalue weighted by atomic mass is 9.96. The van der Waals surface area contributed by atoms with Gasteiger partial charge in [-0.25, -0.2) is 4.98 Å². The van der Waals surface area contributed by atoms with Gasteiger partial charge in [-0.3, -0.25) is 4.79 Å². The van der Waals surface area contributed by atoms with E-state index in [9.17, 15) is 4.79 Å². The van der Waals surface area contributed by atoms with Gasteiger partial charge in [0.25, 0.3) is 0 Å². The summed E-state index contributed by atoms with van der Waals surface area (Å²) in [5.74, 6) is 1.61. The maximum atomic E-state index is 12.0. The van der Waals surface area contributed by atoms with Gasteiger partial charge in [-0.1, -0.05) is 44.2 Å². The van der Waals surface area contributed by atoms with Gasteiger partial charge >= 0.3 is 0 Å². The number of carbonyl (C=O) groups is 1. The van der Waals surface area contributed by atoms with Crippen LogP contribution in [0, 0.1) is 5.92 Å². The molecular weight excluding hydrogens is 294 g/mol. The zero-order chi connectivity index (χ0) is 15.5. The van der Waals surface area contributed by atoms with Crippen LogP contribution in [0.2, 0.25) is 0 Å². The molecular formula is C17H21N3OS. The highest BCUT2D eigenvalue weighted by Crippen LogP contribution is 2.31. The molecule has 1 fully saturated rings. The number of rotatable bonds is 3. The molecule has 0 unspecified atom stereocenters. The van der Waals surface area contributed by atoms with E-state index in [-0.39, 0.29) is 11.8 Å². The fourth-order valence-corrected chi connectivity index (χ4v) is 3.66. The summed E-state index contributed by atoms with van der Waals surface area (Å²) >= 11 is 1.50. The Bertz CT molecular complexity index is 630. The van der Waals surface area contributed by atoms with Gasteiger partial charge in [0.05, 0.1) is 0 Å². The molecule has 1 aromatic carbocycles. The van der Waals surface area contributed by atoms with Crippen molar-refractivity contribution in [2.24, 2.45) is 5.92 Å². The van der Waals surface area contributed by atoms with Crippen molar-refractivity contribution in [3.05, 3.63) is 35.3 Å². The monoisotopic (exact) mass is 315 g/mol. The molecule has 2 aromatic rings. The third kappa shape index (κ3) is 3.19. The van der Waals surface area contributed by atoms with E-state index in [1.165, 1.54) is 11.5 Å². The molecule has 0 spiro atoms. The lowest BCUT2D eigenvalue weighted by Gasteiger charge is -2.32. The molecule has 0 radical (unpaired) electrons. The highest BCUT2D eigenvalue weighted by atomic mass is 32.1. The van der Waals surface area contributed by atoms with Gasteiger partial charge in [0.2, 0.25) is 5.91 Å². The fraction of sp³-hybridized carbons (Fsp3) is 0.471. The van der Waals surface area contributed by atoms with Crippen molar-refractivity contribution in [2.75, 3.05) is 13.1 Å². The predicted octanol–water partition coefficient (Wildman–Crippen LogP) is 3.57. The van der Waals surface area contributed by atoms with E-state index in [1.54, 1.807) is 0 Å². The molecule has 1 amide bonds. The zero-order valence-corrected chi connectivity index (χ0v) is 13.8. The third-order valence-corrected chi connectivity index (χ3v) is 5.00. The van der Waals surface area contributed by atoms with Crippen LogP contribution in [0.25, 0.3) is 11.4 Å². The van der Waals surface area contributed by atoms with Gasteiger partial charge in [0.1, 0.15) is 5.01 Å². The molecule has 5 heteroatoms. The predicted molar refractivity (Wildman–Crippen MR) is 88.7 cm³/mol. The minimum atomic E-state index is 0.0859. The number of aromatic nitrogens is 2. The Morgan fingerprint density at radius 2 is 1.91 bits per heavy atom. The van der Waals surface area contributed by atoms with Crippen molar-refractivity contribution in [3.8, 4) is 11.4 Å². The van der Waals surface area contributed by atoms with Crippen LogP contribution in [-0.4, -0.2) is 33.3 Å². The molecule has 1 aliphatic rings. The van der Waals surface area contributed by atoms with Crippen LogP contribution in [0.5, 0.6) is 0 Å². The largest absolute Gasteiger partial charge is 0.342 e. The first-order valence-corrected chi connectivity index (χ1v) is 8.60. The van der Waals surface area contributed by atoms with Gasteiger partial charge in [0.15, 0.2) is 5.82 Å². The number of amides is 1. The summed E-state index contributed by atoms with van der Waals surface area (Å²) in [6.07, 6.45) is 1.98. The normalized spacial score (nSPS) is 16.2. The molecule has 4 nitrogen and oxygen atoms in total. The zero-order valence-electron chi connectivity index (χ0n) is 13.0. The highest BCUT2D eigenvalue weighted by molar-refractivity contribution is 7.05. The summed E-state index contributed by atoms with van der Waals surface area (Å²) in [6.45, 7) is 5.60. The first-order chi connectivity index (χ1) is 10.6. The number of likely N-dealkylation sites (tertiary alicyclic amines) is 1. The molecule has 1 saturated heterocycles. The standard InChI is InChI=1S/C17H21N3OS/c1-12(2)17(21)20-10-8-14(9-11-20)16-18-15(19-22-16)13-6-4-3-5-7-13/h3-7,12,14H,8-11H2,1-2H3. The second-order valence-corrected chi connectivity index (χ2v) is 6.86. The number of nitrogens with zero attached hydrogens (tertiary/aromatic N) is 3. The highest BCUT2D eigenvalue weighted by Gasteiger charge is 2.27. The van der Waals surface area contributed by atoms with Gasteiger partial charge in [-0.05, 0) is 24.4 Å². The summed E-state index contributed by atoms with van der Waals surface area (Å²) in [6, 6.07) is 10.1. The minimum Gasteiger partial charge on any atom is -0.342 e. The molecule has 0 aliphatic carbocycles. The Labute approximate surface area is 135 Å². The fourth-order valence-electron chi connectivity index (χ4n) is 2.82. The van der Waals surface area contributed by atoms with E-state index in [1.807, 2.05) is 49.1 Å². The van der Waals surface area contributed by atoms with Crippen LogP contribution in [-0.2, 0) is 4.79 Å². The summed E-state index contributed by atoms with van der Waals surface area (Å²) in [4.78, 5) is 18.7. The lowest BCUT2D eigenvalue weighted by molar-refractivity contribution is -0.135. The summed E-state index contributed by atoms with van der Waals surface area (Å²) < 4.78 is 4.49. The molecule has 0 atom stereocenters. The van der Waals surface area contributed by atoms with Gasteiger partial charge < -0.3 is 4.90 Å². The molecule has 0 bridgehead atoms. The molecule has 3 rings (SSSR count). The van der Waals surface area contributed by atoms with Crippen molar-refractivity contribution in [3.63, 3.8) is 0 Å². The summed E-state index contributed by atoms with van der Waals surface area (Å²) in [5.41, 5.74) is 1.07. The Morgan fingerprint density at radius 3 is 2.55 bits per heavy atom. The number of benzene rings is 1. The second-order valence-electron chi connectivity index (χ2n) is 6.08. The number of hydrogen-bond acceptors (Lipinski definition) is 4. The Balaban J connectivity index is 1.65. The SMILES string of the molecule is CC(C)C(=O)N1CCC(c2nc(-c3ccccc3)ns2)CC1. The van der Waals surface area contributed by atoms with Crippen LogP contribution < -0.4 is 0 Å². The van der Waals surface area contributed by atoms with Crippen LogP contribution >= 0.6 is 11.5 Å². The van der Waals surface area contributed by atoms with Gasteiger partial charge in [0, 0.05) is 30.5 Å². The topological polar surface area (TPSA) is 46.1 Å². The lowest BCUT2D eigenvalue weighted by Crippen LogP contribution is -2.40. The van der Waals surface area contributed by atoms with Crippen molar-refractivity contribution in [1.29, 1.82) is 0 Å². The van der Waals surface area contributed by atoms with Crippen molar-refractivity contribution >= 4 is 17.4 Å². The first kappa shape index (κ1) is 15.2. The number of piperidine rings is 1. The van der Waals surface area contributed by atoms with Crippen molar-refractivity contribution in [2.45, 2.75) is 32.6 Å². The first-order valence-electron chi connectivity index (χ1n) is 7.83. The summed E-state index contributed by atoms with van der Waals surface area (Å²) in [5, 5.41) is 1.11. The average molecular weight is 315 g/mol. The quantitative estimate of drug-likeness (QED) is 0.870. The smallest absolute Gasteiger partial charge is 0.225 e. The maximum Gasteiger partial charge on any atom is 0.225 e. The van der Waals surface area contributed by atoms with E-state index in [4.69, 9.17) is 4.98 Å². The van der Waals surface area contributed by atoms with Crippen molar-refractivity contribution < 1.29 is 4.79 Å². The Morgan fingerprint density at radius 1 is 1.23 bits per heavy atom. The van der Waals surface area contributed by atoms with Crippen LogP contribution in [0.4, 0.5) is 0 Å². The molecule has 116 valence electrons. The molecule has 1 aromatic heterocycles. The molecule has 0 N–H and O–H groups in total. The molecule has 1 aliphatic heterocycles. The van der Waals surface area contributed by atoms with Crippen LogP contribution in [0.1, 0.15) is 37.6 Å². The van der Waals surface area contributed by atoms with E-state index in [0.29, 0.717) is 5.92 Å². The molecule has 0 saturated carbocycles. The second kappa shape index (κ2) is 6.57. The van der Waals surface area contributed by atoms with Gasteiger partial charge in [-0.2, -0.15) is 4.37 Å². The molecule has 2 heterocycles. The third-order valence-electron chi connectivity index (χ3n) is 4.12. The number of hydrogen-bond donors (Lipinski definition) is 0.